The lowest BCUT2D eigenvalue weighted by atomic mass is 10.3. The monoisotopic (exact) mass is 199 g/mol. The summed E-state index contributed by atoms with van der Waals surface area (Å²) in [6, 6.07) is 1.99. The van der Waals surface area contributed by atoms with Gasteiger partial charge in [-0.3, -0.25) is 0 Å². The summed E-state index contributed by atoms with van der Waals surface area (Å²) in [5.74, 6) is 2.48. The predicted molar refractivity (Wildman–Crippen MR) is 58.0 cm³/mol. The van der Waals surface area contributed by atoms with Crippen molar-refractivity contribution in [2.24, 2.45) is 0 Å². The van der Waals surface area contributed by atoms with Crippen LogP contribution in [0.3, 0.4) is 0 Å². The van der Waals surface area contributed by atoms with Gasteiger partial charge in [-0.15, -0.1) is 0 Å². The molecule has 0 aromatic carbocycles. The lowest BCUT2D eigenvalue weighted by Crippen LogP contribution is -2.14. The van der Waals surface area contributed by atoms with Crippen LogP contribution in [0.5, 0.6) is 0 Å². The van der Waals surface area contributed by atoms with Gasteiger partial charge in [-0.05, 0) is 30.5 Å². The van der Waals surface area contributed by atoms with Gasteiger partial charge in [-0.25, -0.2) is 0 Å². The van der Waals surface area contributed by atoms with E-state index in [1.165, 1.54) is 23.5 Å². The molecule has 3 heteroatoms. The minimum absolute atomic E-state index is 0.924. The van der Waals surface area contributed by atoms with E-state index in [2.05, 4.69) is 12.2 Å². The summed E-state index contributed by atoms with van der Waals surface area (Å²) in [6.45, 7) is 4.22. The quantitative estimate of drug-likeness (QED) is 0.683. The summed E-state index contributed by atoms with van der Waals surface area (Å²) < 4.78 is 4.97. The molecule has 1 N–H and O–H groups in total. The first-order valence-corrected chi connectivity index (χ1v) is 5.88. The van der Waals surface area contributed by atoms with E-state index in [1.54, 1.807) is 12.5 Å². The highest BCUT2D eigenvalue weighted by Gasteiger charge is 1.92. The predicted octanol–water partition coefficient (Wildman–Crippen LogP) is 2.51. The summed E-state index contributed by atoms with van der Waals surface area (Å²) >= 11 is 2.00. The standard InChI is InChI=1S/C10H17NOS/c1-2-13-7-3-5-11-8-10-4-6-12-9-10/h4,6,9,11H,2-3,5,7-8H2,1H3. The number of thioether (sulfide) groups is 1. The Morgan fingerprint density at radius 1 is 1.54 bits per heavy atom. The summed E-state index contributed by atoms with van der Waals surface area (Å²) in [4.78, 5) is 0. The molecule has 74 valence electrons. The number of hydrogen-bond acceptors (Lipinski definition) is 3. The third-order valence-corrected chi connectivity index (χ3v) is 2.74. The Morgan fingerprint density at radius 2 is 2.46 bits per heavy atom. The van der Waals surface area contributed by atoms with Gasteiger partial charge < -0.3 is 9.73 Å². The molecule has 1 aromatic rings. The van der Waals surface area contributed by atoms with Crippen LogP contribution in [-0.2, 0) is 6.54 Å². The highest BCUT2D eigenvalue weighted by atomic mass is 32.2. The van der Waals surface area contributed by atoms with Crippen LogP contribution in [0.1, 0.15) is 18.9 Å². The number of hydrogen-bond donors (Lipinski definition) is 1. The van der Waals surface area contributed by atoms with Crippen LogP contribution in [-0.4, -0.2) is 18.1 Å². The highest BCUT2D eigenvalue weighted by molar-refractivity contribution is 7.99. The summed E-state index contributed by atoms with van der Waals surface area (Å²) in [5.41, 5.74) is 1.23. The van der Waals surface area contributed by atoms with Crippen LogP contribution < -0.4 is 5.32 Å². The van der Waals surface area contributed by atoms with Gasteiger partial charge >= 0.3 is 0 Å². The van der Waals surface area contributed by atoms with Gasteiger partial charge in [0.1, 0.15) is 0 Å². The van der Waals surface area contributed by atoms with Crippen LogP contribution in [0.15, 0.2) is 23.0 Å². The number of rotatable bonds is 7. The van der Waals surface area contributed by atoms with E-state index in [1.807, 2.05) is 17.8 Å². The molecule has 0 aliphatic carbocycles. The van der Waals surface area contributed by atoms with E-state index < -0.39 is 0 Å². The number of nitrogens with one attached hydrogen (secondary N) is 1. The molecule has 0 unspecified atom stereocenters. The van der Waals surface area contributed by atoms with Crippen LogP contribution >= 0.6 is 11.8 Å². The molecule has 1 heterocycles. The first-order valence-electron chi connectivity index (χ1n) is 4.73. The fourth-order valence-electron chi connectivity index (χ4n) is 1.07. The lowest BCUT2D eigenvalue weighted by Gasteiger charge is -2.01. The molecule has 13 heavy (non-hydrogen) atoms. The van der Waals surface area contributed by atoms with Crippen molar-refractivity contribution in [2.45, 2.75) is 19.9 Å². The molecule has 0 aliphatic heterocycles. The van der Waals surface area contributed by atoms with Crippen molar-refractivity contribution in [3.8, 4) is 0 Å². The van der Waals surface area contributed by atoms with Gasteiger partial charge in [0.25, 0.3) is 0 Å². The van der Waals surface area contributed by atoms with E-state index in [4.69, 9.17) is 4.42 Å². The fraction of sp³-hybridized carbons (Fsp3) is 0.600. The second-order valence-electron chi connectivity index (χ2n) is 2.86. The zero-order valence-corrected chi connectivity index (χ0v) is 8.90. The molecular formula is C10H17NOS. The molecule has 0 spiro atoms. The Bertz CT molecular complexity index is 199. The van der Waals surface area contributed by atoms with Crippen LogP contribution in [0.4, 0.5) is 0 Å². The molecule has 0 aliphatic rings. The maximum Gasteiger partial charge on any atom is 0.0947 e. The third-order valence-electron chi connectivity index (χ3n) is 1.76. The van der Waals surface area contributed by atoms with Crippen molar-refractivity contribution in [2.75, 3.05) is 18.1 Å². The van der Waals surface area contributed by atoms with E-state index in [0.29, 0.717) is 0 Å². The topological polar surface area (TPSA) is 25.2 Å². The molecule has 0 bridgehead atoms. The van der Waals surface area contributed by atoms with Crippen molar-refractivity contribution >= 4 is 11.8 Å². The molecule has 0 saturated carbocycles. The summed E-state index contributed by atoms with van der Waals surface area (Å²) in [7, 11) is 0. The van der Waals surface area contributed by atoms with Gasteiger partial charge in [0.15, 0.2) is 0 Å². The van der Waals surface area contributed by atoms with Crippen LogP contribution in [0, 0.1) is 0 Å². The first kappa shape index (κ1) is 10.7. The van der Waals surface area contributed by atoms with Crippen molar-refractivity contribution < 1.29 is 4.42 Å². The van der Waals surface area contributed by atoms with Crippen LogP contribution in [0.25, 0.3) is 0 Å². The smallest absolute Gasteiger partial charge is 0.0947 e. The molecular weight excluding hydrogens is 182 g/mol. The Morgan fingerprint density at radius 3 is 3.15 bits per heavy atom. The molecule has 0 radical (unpaired) electrons. The number of furan rings is 1. The van der Waals surface area contributed by atoms with Gasteiger partial charge in [-0.2, -0.15) is 11.8 Å². The molecule has 0 fully saturated rings. The van der Waals surface area contributed by atoms with Crippen molar-refractivity contribution in [1.29, 1.82) is 0 Å². The van der Waals surface area contributed by atoms with E-state index >= 15 is 0 Å². The maximum atomic E-state index is 4.97. The van der Waals surface area contributed by atoms with E-state index in [9.17, 15) is 0 Å². The normalized spacial score (nSPS) is 10.5. The largest absolute Gasteiger partial charge is 0.472 e. The molecule has 1 aromatic heterocycles. The SMILES string of the molecule is CCSCCCNCc1ccoc1. The maximum absolute atomic E-state index is 4.97. The lowest BCUT2D eigenvalue weighted by molar-refractivity contribution is 0.560. The molecule has 0 atom stereocenters. The Labute approximate surface area is 84.1 Å². The summed E-state index contributed by atoms with van der Waals surface area (Å²) in [6.07, 6.45) is 4.74. The fourth-order valence-corrected chi connectivity index (χ4v) is 1.71. The van der Waals surface area contributed by atoms with Crippen molar-refractivity contribution in [3.63, 3.8) is 0 Å². The second kappa shape index (κ2) is 7.04. The Balaban J connectivity index is 1.90. The average Bonchev–Trinajstić information content (AvgIpc) is 2.63. The second-order valence-corrected chi connectivity index (χ2v) is 4.25. The van der Waals surface area contributed by atoms with Crippen LogP contribution in [0.2, 0.25) is 0 Å². The molecule has 0 amide bonds. The van der Waals surface area contributed by atoms with Gasteiger partial charge in [-0.1, -0.05) is 6.92 Å². The van der Waals surface area contributed by atoms with Crippen molar-refractivity contribution in [1.82, 2.24) is 5.32 Å². The van der Waals surface area contributed by atoms with E-state index in [0.717, 1.165) is 13.1 Å². The third kappa shape index (κ3) is 5.01. The van der Waals surface area contributed by atoms with Gasteiger partial charge in [0.05, 0.1) is 12.5 Å². The molecule has 1 rings (SSSR count). The zero-order chi connectivity index (χ0) is 9.36. The van der Waals surface area contributed by atoms with E-state index in [-0.39, 0.29) is 0 Å². The van der Waals surface area contributed by atoms with Gasteiger partial charge in [0, 0.05) is 12.1 Å². The average molecular weight is 199 g/mol. The summed E-state index contributed by atoms with van der Waals surface area (Å²) in [5, 5.41) is 3.37. The minimum Gasteiger partial charge on any atom is -0.472 e. The Hall–Kier alpha value is -0.410. The molecule has 2 nitrogen and oxygen atoms in total. The van der Waals surface area contributed by atoms with Crippen molar-refractivity contribution in [3.05, 3.63) is 24.2 Å². The minimum atomic E-state index is 0.924. The molecule has 0 saturated heterocycles. The highest BCUT2D eigenvalue weighted by Crippen LogP contribution is 2.01. The Kier molecular flexibility index (Phi) is 5.78. The first-order chi connectivity index (χ1) is 6.43. The van der Waals surface area contributed by atoms with Gasteiger partial charge in [0.2, 0.25) is 0 Å². The zero-order valence-electron chi connectivity index (χ0n) is 8.08.